The summed E-state index contributed by atoms with van der Waals surface area (Å²) >= 11 is 1.35. The number of carboxylic acids is 1. The second kappa shape index (κ2) is 5.49. The Labute approximate surface area is 139 Å². The minimum absolute atomic E-state index is 0. The van der Waals surface area contributed by atoms with Crippen LogP contribution in [0.3, 0.4) is 0 Å². The van der Waals surface area contributed by atoms with Crippen molar-refractivity contribution in [1.82, 2.24) is 4.90 Å². The minimum atomic E-state index is -1.44. The van der Waals surface area contributed by atoms with Crippen LogP contribution in [-0.4, -0.2) is 45.7 Å². The molecule has 0 aromatic carbocycles. The smallest absolute Gasteiger partial charge is 0.543 e. The van der Waals surface area contributed by atoms with Gasteiger partial charge in [-0.2, -0.15) is 0 Å². The number of aliphatic hydroxyl groups excluding tert-OH is 1. The molecule has 82 valence electrons. The number of carboxylic acid groups (broad SMARTS) is 1. The second-order valence-electron chi connectivity index (χ2n) is 3.33. The molecule has 8 heteroatoms. The number of hydrogen-bond acceptors (Lipinski definition) is 6. The van der Waals surface area contributed by atoms with Gasteiger partial charge >= 0.3 is 51.4 Å². The van der Waals surface area contributed by atoms with E-state index in [9.17, 15) is 14.7 Å². The molecular weight excluding hydrogens is 259 g/mol. The van der Waals surface area contributed by atoms with E-state index in [-0.39, 0.29) is 69.1 Å². The Morgan fingerprint density at radius 1 is 1.69 bits per heavy atom. The average Bonchev–Trinajstić information content (AvgIpc) is 2.25. The molecule has 0 saturated carbocycles. The van der Waals surface area contributed by atoms with Gasteiger partial charge < -0.3 is 20.7 Å². The van der Waals surface area contributed by atoms with Crippen LogP contribution >= 0.6 is 11.8 Å². The van der Waals surface area contributed by atoms with Crippen molar-refractivity contribution in [2.45, 2.75) is 11.4 Å². The van der Waals surface area contributed by atoms with Crippen LogP contribution in [0.2, 0.25) is 0 Å². The van der Waals surface area contributed by atoms with Crippen LogP contribution in [0.4, 0.5) is 0 Å². The first-order chi connectivity index (χ1) is 7.07. The number of fused-ring (bicyclic) bond motifs is 1. The summed E-state index contributed by atoms with van der Waals surface area (Å²) in [5, 5.41) is 19.5. The third kappa shape index (κ3) is 2.13. The third-order valence-corrected chi connectivity index (χ3v) is 3.83. The Kier molecular flexibility index (Phi) is 5.02. The largest absolute Gasteiger partial charge is 1.00 e. The number of amides is 1. The quantitative estimate of drug-likeness (QED) is 0.382. The van der Waals surface area contributed by atoms with Crippen molar-refractivity contribution < 1.29 is 71.2 Å². The number of hydrogen-bond donors (Lipinski definition) is 2. The molecule has 2 atom stereocenters. The molecule has 2 aliphatic rings. The summed E-state index contributed by atoms with van der Waals surface area (Å²) in [6.45, 7) is -0.387. The predicted molar refractivity (Wildman–Crippen MR) is 50.2 cm³/mol. The monoisotopic (exact) mass is 268 g/mol. The molecule has 2 rings (SSSR count). The van der Waals surface area contributed by atoms with E-state index in [1.807, 2.05) is 0 Å². The first-order valence-corrected chi connectivity index (χ1v) is 5.37. The van der Waals surface area contributed by atoms with E-state index in [0.717, 1.165) is 4.90 Å². The number of β-lactam (4-membered cyclic amide) rings is 1. The molecule has 2 aliphatic heterocycles. The van der Waals surface area contributed by atoms with E-state index in [4.69, 9.17) is 10.8 Å². The van der Waals surface area contributed by atoms with Gasteiger partial charge in [0, 0.05) is 5.75 Å². The van der Waals surface area contributed by atoms with Gasteiger partial charge in [0.05, 0.1) is 18.3 Å². The Hall–Kier alpha value is 0.586. The van der Waals surface area contributed by atoms with Crippen LogP contribution in [0.1, 0.15) is 0 Å². The topological polar surface area (TPSA) is 107 Å². The maximum absolute atomic E-state index is 11.4. The number of aliphatic hydroxyl groups is 1. The van der Waals surface area contributed by atoms with Crippen LogP contribution in [0.5, 0.6) is 0 Å². The van der Waals surface area contributed by atoms with Crippen molar-refractivity contribution >= 4 is 23.6 Å². The summed E-state index contributed by atoms with van der Waals surface area (Å²) in [4.78, 5) is 23.3. The van der Waals surface area contributed by atoms with E-state index in [2.05, 4.69) is 0 Å². The number of nitrogens with zero attached hydrogens (tertiary/aromatic N) is 1. The standard InChI is InChI=1S/C8H10N2O4S.K/c9-4-6(12)10-5(8(13)14)3(1-11)2-15-7(4)10;/h4,7,11H,1-2,9H2,(H,13,14);/q;+1/p-1/t4?,7-;/m0./s1. The zero-order valence-electron chi connectivity index (χ0n) is 8.67. The Morgan fingerprint density at radius 3 is 2.81 bits per heavy atom. The van der Waals surface area contributed by atoms with Crippen LogP contribution in [0.15, 0.2) is 11.3 Å². The number of carbonyl (C=O) groups is 2. The molecule has 16 heavy (non-hydrogen) atoms. The first kappa shape index (κ1) is 14.6. The first-order valence-electron chi connectivity index (χ1n) is 4.32. The van der Waals surface area contributed by atoms with Gasteiger partial charge in [-0.05, 0) is 5.57 Å². The Bertz CT molecular complexity index is 373. The van der Waals surface area contributed by atoms with Gasteiger partial charge in [0.1, 0.15) is 11.4 Å². The zero-order valence-corrected chi connectivity index (χ0v) is 12.6. The van der Waals surface area contributed by atoms with Gasteiger partial charge in [-0.15, -0.1) is 11.8 Å². The molecule has 0 spiro atoms. The molecule has 1 unspecified atom stereocenters. The number of rotatable bonds is 2. The van der Waals surface area contributed by atoms with Gasteiger partial charge in [-0.1, -0.05) is 0 Å². The van der Waals surface area contributed by atoms with Crippen molar-refractivity contribution in [2.75, 3.05) is 12.4 Å². The maximum Gasteiger partial charge on any atom is 1.00 e. The molecule has 0 aromatic rings. The number of aliphatic carboxylic acids is 1. The van der Waals surface area contributed by atoms with Crippen LogP contribution < -0.4 is 62.2 Å². The van der Waals surface area contributed by atoms with Crippen LogP contribution in [0, 0.1) is 0 Å². The van der Waals surface area contributed by atoms with Crippen LogP contribution in [0.25, 0.3) is 0 Å². The summed E-state index contributed by atoms with van der Waals surface area (Å²) in [6, 6.07) is -0.649. The molecule has 2 heterocycles. The van der Waals surface area contributed by atoms with E-state index < -0.39 is 17.9 Å². The predicted octanol–water partition coefficient (Wildman–Crippen LogP) is -5.77. The molecule has 0 radical (unpaired) electrons. The summed E-state index contributed by atoms with van der Waals surface area (Å²) in [5.41, 5.74) is 5.60. The summed E-state index contributed by atoms with van der Waals surface area (Å²) in [6.07, 6.45) is 0. The summed E-state index contributed by atoms with van der Waals surface area (Å²) < 4.78 is 0. The number of carbonyl (C=O) groups excluding carboxylic acids is 2. The minimum Gasteiger partial charge on any atom is -0.543 e. The molecule has 6 nitrogen and oxygen atoms in total. The van der Waals surface area contributed by atoms with Crippen molar-refractivity contribution in [1.29, 1.82) is 0 Å². The van der Waals surface area contributed by atoms with Gasteiger partial charge in [0.25, 0.3) is 0 Å². The molecule has 0 aromatic heterocycles. The second-order valence-corrected chi connectivity index (χ2v) is 4.44. The molecule has 1 saturated heterocycles. The number of thioether (sulfide) groups is 1. The molecule has 1 amide bonds. The maximum atomic E-state index is 11.4. The summed E-state index contributed by atoms with van der Waals surface area (Å²) in [5.74, 6) is -1.51. The molecule has 0 bridgehead atoms. The van der Waals surface area contributed by atoms with E-state index >= 15 is 0 Å². The fourth-order valence-corrected chi connectivity index (χ4v) is 2.97. The average molecular weight is 268 g/mol. The van der Waals surface area contributed by atoms with Gasteiger partial charge in [0.15, 0.2) is 0 Å². The van der Waals surface area contributed by atoms with Gasteiger partial charge in [0.2, 0.25) is 5.91 Å². The molecular formula is C8H9KN2O4S. The normalized spacial score (nSPS) is 28.1. The Morgan fingerprint density at radius 2 is 2.31 bits per heavy atom. The van der Waals surface area contributed by atoms with Gasteiger partial charge in [-0.3, -0.25) is 9.69 Å². The van der Waals surface area contributed by atoms with Crippen molar-refractivity contribution in [2.24, 2.45) is 5.73 Å². The van der Waals surface area contributed by atoms with Gasteiger partial charge in [-0.25, -0.2) is 0 Å². The molecule has 0 aliphatic carbocycles. The van der Waals surface area contributed by atoms with E-state index in [1.54, 1.807) is 0 Å². The van der Waals surface area contributed by atoms with Crippen molar-refractivity contribution in [3.8, 4) is 0 Å². The number of nitrogens with two attached hydrogens (primary N) is 1. The molecule has 3 N–H and O–H groups in total. The van der Waals surface area contributed by atoms with Crippen LogP contribution in [-0.2, 0) is 9.59 Å². The van der Waals surface area contributed by atoms with E-state index in [1.165, 1.54) is 11.8 Å². The van der Waals surface area contributed by atoms with Crippen molar-refractivity contribution in [3.05, 3.63) is 11.3 Å². The molecule has 1 fully saturated rings. The fourth-order valence-electron chi connectivity index (χ4n) is 1.69. The third-order valence-electron chi connectivity index (χ3n) is 2.47. The summed E-state index contributed by atoms with van der Waals surface area (Å²) in [7, 11) is 0. The SMILES string of the molecule is NC1C(=O)N2C(C(=O)[O-])=C(CO)CS[C@@H]12.[K+]. The van der Waals surface area contributed by atoms with E-state index in [0.29, 0.717) is 11.3 Å². The fraction of sp³-hybridized carbons (Fsp3) is 0.500. The Balaban J connectivity index is 0.00000128. The van der Waals surface area contributed by atoms with Crippen molar-refractivity contribution in [3.63, 3.8) is 0 Å². The zero-order chi connectivity index (χ0) is 11.2.